The summed E-state index contributed by atoms with van der Waals surface area (Å²) in [5.41, 5.74) is -1.55. The topological polar surface area (TPSA) is 177 Å². The number of aliphatic hydroxyl groups excluding tert-OH is 2. The molecule has 1 aliphatic rings. The highest BCUT2D eigenvalue weighted by Gasteiger charge is 2.44. The van der Waals surface area contributed by atoms with Gasteiger partial charge in [-0.3, -0.25) is 14.3 Å². The van der Waals surface area contributed by atoms with Gasteiger partial charge in [0.2, 0.25) is 0 Å². The SMILES string of the molecule is CCCC[N+](CCCC)(CCCC)CCCC.CCCC[N+](CCCC)(CCCC)CCCC.O=c1ccn([C@@H]2O[C@H](COP(=O)([O-])[O-])[C@@H](O)[C@H]2O)c(=O)[nH]1. The Morgan fingerprint density at radius 3 is 1.25 bits per heavy atom. The molecular formula is C41H83N4O9P. The Kier molecular flexibility index (Phi) is 29.9. The molecule has 0 aromatic carbocycles. The molecule has 55 heavy (non-hydrogen) atoms. The van der Waals surface area contributed by atoms with Crippen LogP contribution in [0.1, 0.15) is 164 Å². The first-order valence-electron chi connectivity index (χ1n) is 21.9. The van der Waals surface area contributed by atoms with Crippen molar-refractivity contribution in [2.75, 3.05) is 59.0 Å². The van der Waals surface area contributed by atoms with Crippen LogP contribution in [0, 0.1) is 0 Å². The number of aromatic nitrogens is 2. The second kappa shape index (κ2) is 30.6. The van der Waals surface area contributed by atoms with Gasteiger partial charge in [-0.15, -0.1) is 0 Å². The number of aliphatic hydroxyl groups is 2. The third kappa shape index (κ3) is 22.4. The van der Waals surface area contributed by atoms with Crippen molar-refractivity contribution in [3.8, 4) is 0 Å². The van der Waals surface area contributed by atoms with E-state index in [4.69, 9.17) is 4.74 Å². The minimum Gasteiger partial charge on any atom is -0.790 e. The number of hydrogen-bond donors (Lipinski definition) is 3. The van der Waals surface area contributed by atoms with Gasteiger partial charge in [0.25, 0.3) is 5.56 Å². The molecule has 1 aliphatic heterocycles. The van der Waals surface area contributed by atoms with Crippen LogP contribution in [0.2, 0.25) is 0 Å². The first-order valence-corrected chi connectivity index (χ1v) is 23.3. The third-order valence-corrected chi connectivity index (χ3v) is 11.2. The van der Waals surface area contributed by atoms with E-state index in [9.17, 15) is 34.2 Å². The highest BCUT2D eigenvalue weighted by molar-refractivity contribution is 7.43. The summed E-state index contributed by atoms with van der Waals surface area (Å²) >= 11 is 0. The fraction of sp³-hybridized carbons (Fsp3) is 0.902. The second-order valence-electron chi connectivity index (χ2n) is 15.6. The van der Waals surface area contributed by atoms with E-state index < -0.39 is 50.2 Å². The summed E-state index contributed by atoms with van der Waals surface area (Å²) in [6.45, 7) is 29.2. The van der Waals surface area contributed by atoms with E-state index in [1.807, 2.05) is 4.98 Å². The summed E-state index contributed by atoms with van der Waals surface area (Å²) in [5, 5.41) is 19.5. The van der Waals surface area contributed by atoms with Crippen molar-refractivity contribution in [2.45, 2.75) is 183 Å². The Balaban J connectivity index is 0.000000804. The maximum absolute atomic E-state index is 11.6. The van der Waals surface area contributed by atoms with Crippen LogP contribution < -0.4 is 21.0 Å². The molecule has 1 aromatic rings. The standard InChI is InChI=1S/2C16H36N.C9H13N2O9P/c2*1-5-9-13-17(14-10-6-2,15-11-7-3)16-12-8-4;12-5-1-2-11(9(15)10-5)8-7(14)6(13)4(20-8)3-19-21(16,17)18/h2*5-16H2,1-4H3;1-2,4,6-8,13-14H,3H2,(H,10,12,15)(H2,16,17,18)/q2*+1;/p-2/t;;4-,6-,7-,8-/m..1/s1. The van der Waals surface area contributed by atoms with Crippen LogP contribution in [0.3, 0.4) is 0 Å². The van der Waals surface area contributed by atoms with E-state index in [1.54, 1.807) is 0 Å². The highest BCUT2D eigenvalue weighted by atomic mass is 31.2. The first kappa shape index (κ1) is 53.6. The van der Waals surface area contributed by atoms with Crippen LogP contribution >= 0.6 is 7.82 Å². The maximum Gasteiger partial charge on any atom is 0.330 e. The molecule has 326 valence electrons. The third-order valence-electron chi connectivity index (χ3n) is 10.7. The van der Waals surface area contributed by atoms with Crippen molar-refractivity contribution in [1.29, 1.82) is 0 Å². The number of aromatic amines is 1. The van der Waals surface area contributed by atoms with Crippen molar-refractivity contribution in [1.82, 2.24) is 9.55 Å². The zero-order valence-electron chi connectivity index (χ0n) is 36.2. The van der Waals surface area contributed by atoms with Crippen LogP contribution in [-0.4, -0.2) is 106 Å². The van der Waals surface area contributed by atoms with Crippen LogP contribution in [0.15, 0.2) is 21.9 Å². The Hall–Kier alpha value is -1.41. The number of rotatable bonds is 28. The molecule has 13 nitrogen and oxygen atoms in total. The van der Waals surface area contributed by atoms with Crippen LogP contribution in [0.25, 0.3) is 0 Å². The number of phosphoric acid groups is 1. The predicted molar refractivity (Wildman–Crippen MR) is 220 cm³/mol. The lowest BCUT2D eigenvalue weighted by molar-refractivity contribution is -0.929. The molecule has 0 saturated carbocycles. The summed E-state index contributed by atoms with van der Waals surface area (Å²) in [6, 6.07) is 0.997. The molecular weight excluding hydrogens is 723 g/mol. The van der Waals surface area contributed by atoms with Crippen LogP contribution in [0.5, 0.6) is 0 Å². The van der Waals surface area contributed by atoms with E-state index in [0.29, 0.717) is 0 Å². The van der Waals surface area contributed by atoms with Gasteiger partial charge in [-0.1, -0.05) is 107 Å². The molecule has 2 rings (SSSR count). The summed E-state index contributed by atoms with van der Waals surface area (Å²) < 4.78 is 23.1. The highest BCUT2D eigenvalue weighted by Crippen LogP contribution is 2.32. The van der Waals surface area contributed by atoms with Gasteiger partial charge in [0, 0.05) is 12.3 Å². The summed E-state index contributed by atoms with van der Waals surface area (Å²) in [5.74, 6) is 0. The number of quaternary nitrogens is 2. The van der Waals surface area contributed by atoms with Crippen LogP contribution in [-0.2, 0) is 13.8 Å². The molecule has 0 spiro atoms. The fourth-order valence-electron chi connectivity index (χ4n) is 7.18. The minimum absolute atomic E-state index is 0.664. The van der Waals surface area contributed by atoms with Crippen molar-refractivity contribution >= 4 is 7.82 Å². The number of hydrogen-bond acceptors (Lipinski definition) is 9. The van der Waals surface area contributed by atoms with Gasteiger partial charge in [0.05, 0.1) is 66.8 Å². The summed E-state index contributed by atoms with van der Waals surface area (Å²) in [7, 11) is -5.26. The summed E-state index contributed by atoms with van der Waals surface area (Å²) in [4.78, 5) is 45.2. The Bertz CT molecular complexity index is 1130. The van der Waals surface area contributed by atoms with Crippen molar-refractivity contribution in [3.05, 3.63) is 33.1 Å². The van der Waals surface area contributed by atoms with Gasteiger partial charge in [0.15, 0.2) is 6.23 Å². The van der Waals surface area contributed by atoms with Gasteiger partial charge in [-0.25, -0.2) is 4.79 Å². The van der Waals surface area contributed by atoms with Gasteiger partial charge in [0.1, 0.15) is 18.3 Å². The number of H-pyrrole nitrogens is 1. The molecule has 0 aliphatic carbocycles. The normalized spacial score (nSPS) is 18.8. The molecule has 0 unspecified atom stereocenters. The molecule has 4 atom stereocenters. The maximum atomic E-state index is 11.6. The van der Waals surface area contributed by atoms with E-state index in [-0.39, 0.29) is 0 Å². The zero-order valence-corrected chi connectivity index (χ0v) is 37.1. The fourth-order valence-corrected chi connectivity index (χ4v) is 7.51. The van der Waals surface area contributed by atoms with E-state index in [1.165, 1.54) is 164 Å². The summed E-state index contributed by atoms with van der Waals surface area (Å²) in [6.07, 6.45) is 17.3. The van der Waals surface area contributed by atoms with E-state index >= 15 is 0 Å². The van der Waals surface area contributed by atoms with E-state index in [0.717, 1.165) is 16.8 Å². The molecule has 1 aromatic heterocycles. The lowest BCUT2D eigenvalue weighted by Crippen LogP contribution is -2.50. The average molecular weight is 807 g/mol. The quantitative estimate of drug-likeness (QED) is 0.0677. The number of unbranched alkanes of at least 4 members (excludes halogenated alkanes) is 8. The van der Waals surface area contributed by atoms with Crippen LogP contribution in [0.4, 0.5) is 0 Å². The molecule has 1 saturated heterocycles. The predicted octanol–water partition coefficient (Wildman–Crippen LogP) is 6.01. The molecule has 0 amide bonds. The lowest BCUT2D eigenvalue weighted by atomic mass is 10.1. The Morgan fingerprint density at radius 1 is 0.655 bits per heavy atom. The van der Waals surface area contributed by atoms with E-state index in [2.05, 4.69) is 59.9 Å². The minimum atomic E-state index is -5.26. The largest absolute Gasteiger partial charge is 0.790 e. The average Bonchev–Trinajstić information content (AvgIpc) is 3.45. The smallest absolute Gasteiger partial charge is 0.330 e. The molecule has 0 radical (unpaired) electrons. The molecule has 2 heterocycles. The van der Waals surface area contributed by atoms with Gasteiger partial charge in [-0.2, -0.15) is 0 Å². The van der Waals surface area contributed by atoms with Crippen molar-refractivity contribution < 1.29 is 42.8 Å². The molecule has 1 fully saturated rings. The van der Waals surface area contributed by atoms with Gasteiger partial charge >= 0.3 is 5.69 Å². The van der Waals surface area contributed by atoms with Crippen molar-refractivity contribution in [2.24, 2.45) is 0 Å². The molecule has 0 bridgehead atoms. The first-order chi connectivity index (χ1) is 26.2. The van der Waals surface area contributed by atoms with Crippen molar-refractivity contribution in [3.63, 3.8) is 0 Å². The number of nitrogens with zero attached hydrogens (tertiary/aromatic N) is 3. The second-order valence-corrected chi connectivity index (χ2v) is 16.8. The monoisotopic (exact) mass is 807 g/mol. The number of phosphoric ester groups is 1. The lowest BCUT2D eigenvalue weighted by Gasteiger charge is -2.39. The van der Waals surface area contributed by atoms with Gasteiger partial charge < -0.3 is 42.8 Å². The molecule has 3 N–H and O–H groups in total. The van der Waals surface area contributed by atoms with Gasteiger partial charge in [-0.05, 0) is 51.4 Å². The number of ether oxygens (including phenoxy) is 1. The zero-order chi connectivity index (χ0) is 41.8. The molecule has 14 heteroatoms. The number of nitrogens with one attached hydrogen (secondary N) is 1. The Morgan fingerprint density at radius 2 is 0.982 bits per heavy atom. The Labute approximate surface area is 334 Å².